The van der Waals surface area contributed by atoms with Gasteiger partial charge in [0.2, 0.25) is 17.7 Å². The lowest BCUT2D eigenvalue weighted by Crippen LogP contribution is -2.45. The van der Waals surface area contributed by atoms with Gasteiger partial charge in [-0.25, -0.2) is 0 Å². The van der Waals surface area contributed by atoms with Crippen LogP contribution in [-0.4, -0.2) is 39.9 Å². The summed E-state index contributed by atoms with van der Waals surface area (Å²) in [7, 11) is 0. The molecule has 1 aliphatic rings. The second-order valence-corrected chi connectivity index (χ2v) is 7.37. The number of aryl methyl sites for hydroxylation is 1. The molecule has 3 N–H and O–H groups in total. The SMILES string of the molecule is CCCCCCCc1nnc(-c2ccc(CNC(=O)C3NCC[C@@H]3O)cc2)o1. The Kier molecular flexibility index (Phi) is 7.56. The van der Waals surface area contributed by atoms with E-state index < -0.39 is 12.1 Å². The second kappa shape index (κ2) is 10.3. The summed E-state index contributed by atoms with van der Waals surface area (Å²) in [5.41, 5.74) is 1.84. The van der Waals surface area contributed by atoms with Crippen LogP contribution in [0.4, 0.5) is 0 Å². The first-order chi connectivity index (χ1) is 13.7. The molecule has 1 amide bonds. The fraction of sp³-hybridized carbons (Fsp3) is 0.571. The topological polar surface area (TPSA) is 100 Å². The molecule has 7 nitrogen and oxygen atoms in total. The van der Waals surface area contributed by atoms with E-state index >= 15 is 0 Å². The molecule has 0 radical (unpaired) electrons. The summed E-state index contributed by atoms with van der Waals surface area (Å²) >= 11 is 0. The molecule has 0 bridgehead atoms. The molecule has 2 heterocycles. The fourth-order valence-corrected chi connectivity index (χ4v) is 3.37. The summed E-state index contributed by atoms with van der Waals surface area (Å²) in [6.45, 7) is 3.29. The molecule has 28 heavy (non-hydrogen) atoms. The van der Waals surface area contributed by atoms with E-state index in [1.165, 1.54) is 25.7 Å². The Morgan fingerprint density at radius 1 is 1.21 bits per heavy atom. The lowest BCUT2D eigenvalue weighted by Gasteiger charge is -2.14. The summed E-state index contributed by atoms with van der Waals surface area (Å²) in [5.74, 6) is 1.04. The number of rotatable bonds is 10. The van der Waals surface area contributed by atoms with E-state index in [1.807, 2.05) is 24.3 Å². The fourth-order valence-electron chi connectivity index (χ4n) is 3.37. The van der Waals surface area contributed by atoms with Crippen LogP contribution in [0.3, 0.4) is 0 Å². The van der Waals surface area contributed by atoms with E-state index in [1.54, 1.807) is 0 Å². The Labute approximate surface area is 165 Å². The predicted octanol–water partition coefficient (Wildman–Crippen LogP) is 2.59. The highest BCUT2D eigenvalue weighted by atomic mass is 16.4. The van der Waals surface area contributed by atoms with Crippen molar-refractivity contribution in [1.29, 1.82) is 0 Å². The van der Waals surface area contributed by atoms with Gasteiger partial charge in [0.25, 0.3) is 0 Å². The number of hydrogen-bond donors (Lipinski definition) is 3. The molecule has 0 spiro atoms. The predicted molar refractivity (Wildman–Crippen MR) is 106 cm³/mol. The van der Waals surface area contributed by atoms with Gasteiger partial charge in [-0.2, -0.15) is 0 Å². The molecule has 0 aliphatic carbocycles. The van der Waals surface area contributed by atoms with Crippen LogP contribution in [0.5, 0.6) is 0 Å². The molecule has 2 atom stereocenters. The first kappa shape index (κ1) is 20.5. The van der Waals surface area contributed by atoms with E-state index in [0.717, 1.165) is 24.0 Å². The van der Waals surface area contributed by atoms with E-state index in [0.29, 0.717) is 31.3 Å². The number of amides is 1. The van der Waals surface area contributed by atoms with Crippen molar-refractivity contribution in [2.45, 2.75) is 70.6 Å². The number of carbonyl (C=O) groups excluding carboxylic acids is 1. The summed E-state index contributed by atoms with van der Waals surface area (Å²) in [5, 5.41) is 23.9. The minimum Gasteiger partial charge on any atom is -0.421 e. The Bertz CT molecular complexity index is 744. The first-order valence-electron chi connectivity index (χ1n) is 10.3. The zero-order valence-corrected chi connectivity index (χ0v) is 16.5. The number of unbranched alkanes of at least 4 members (excludes halogenated alkanes) is 4. The van der Waals surface area contributed by atoms with E-state index in [4.69, 9.17) is 4.42 Å². The highest BCUT2D eigenvalue weighted by molar-refractivity contribution is 5.82. The third-order valence-electron chi connectivity index (χ3n) is 5.10. The summed E-state index contributed by atoms with van der Waals surface area (Å²) in [6.07, 6.45) is 6.86. The smallest absolute Gasteiger partial charge is 0.247 e. The molecule has 2 aromatic rings. The molecular formula is C21H30N4O3. The number of nitrogens with zero attached hydrogens (tertiary/aromatic N) is 2. The number of carbonyl (C=O) groups is 1. The molecule has 1 aromatic heterocycles. The highest BCUT2D eigenvalue weighted by Gasteiger charge is 2.30. The van der Waals surface area contributed by atoms with Crippen molar-refractivity contribution in [3.63, 3.8) is 0 Å². The third-order valence-corrected chi connectivity index (χ3v) is 5.10. The molecular weight excluding hydrogens is 356 g/mol. The lowest BCUT2D eigenvalue weighted by atomic mass is 10.1. The van der Waals surface area contributed by atoms with Gasteiger partial charge in [-0.05, 0) is 37.1 Å². The summed E-state index contributed by atoms with van der Waals surface area (Å²) in [6, 6.07) is 7.19. The molecule has 1 fully saturated rings. The molecule has 3 rings (SSSR count). The first-order valence-corrected chi connectivity index (χ1v) is 10.3. The van der Waals surface area contributed by atoms with Crippen LogP contribution in [0.15, 0.2) is 28.7 Å². The quantitative estimate of drug-likeness (QED) is 0.543. The van der Waals surface area contributed by atoms with Gasteiger partial charge >= 0.3 is 0 Å². The minimum absolute atomic E-state index is 0.172. The Morgan fingerprint density at radius 3 is 2.71 bits per heavy atom. The van der Waals surface area contributed by atoms with Crippen LogP contribution in [0.25, 0.3) is 11.5 Å². The number of hydrogen-bond acceptors (Lipinski definition) is 6. The Balaban J connectivity index is 1.47. The Hall–Kier alpha value is -2.25. The van der Waals surface area contributed by atoms with E-state index in [-0.39, 0.29) is 5.91 Å². The average molecular weight is 386 g/mol. The molecule has 1 aromatic carbocycles. The van der Waals surface area contributed by atoms with Crippen molar-refractivity contribution in [3.05, 3.63) is 35.7 Å². The van der Waals surface area contributed by atoms with Gasteiger partial charge in [0.15, 0.2) is 0 Å². The maximum absolute atomic E-state index is 12.1. The highest BCUT2D eigenvalue weighted by Crippen LogP contribution is 2.19. The van der Waals surface area contributed by atoms with Crippen LogP contribution in [0.1, 0.15) is 56.9 Å². The molecule has 0 saturated carbocycles. The van der Waals surface area contributed by atoms with Gasteiger partial charge in [-0.3, -0.25) is 4.79 Å². The van der Waals surface area contributed by atoms with Gasteiger partial charge in [0, 0.05) is 18.5 Å². The largest absolute Gasteiger partial charge is 0.421 e. The standard InChI is InChI=1S/C21H30N4O3/c1-2-3-4-5-6-7-18-24-25-21(28-18)16-10-8-15(9-11-16)14-23-20(27)19-17(26)12-13-22-19/h8-11,17,19,22,26H,2-7,12-14H2,1H3,(H,23,27)/t17-,19?/m0/s1. The normalized spacial score (nSPS) is 19.1. The van der Waals surface area contributed by atoms with Crippen LogP contribution in [-0.2, 0) is 17.8 Å². The number of aromatic nitrogens is 2. The van der Waals surface area contributed by atoms with Gasteiger partial charge in [-0.1, -0.05) is 44.7 Å². The van der Waals surface area contributed by atoms with Crippen LogP contribution in [0, 0.1) is 0 Å². The number of nitrogens with one attached hydrogen (secondary N) is 2. The van der Waals surface area contributed by atoms with Crippen molar-refractivity contribution in [1.82, 2.24) is 20.8 Å². The second-order valence-electron chi connectivity index (χ2n) is 7.37. The number of benzene rings is 1. The monoisotopic (exact) mass is 386 g/mol. The van der Waals surface area contributed by atoms with Gasteiger partial charge in [0.1, 0.15) is 6.04 Å². The molecule has 7 heteroatoms. The molecule has 1 unspecified atom stereocenters. The zero-order chi connectivity index (χ0) is 19.8. The van der Waals surface area contributed by atoms with Crippen LogP contribution in [0.2, 0.25) is 0 Å². The van der Waals surface area contributed by atoms with E-state index in [9.17, 15) is 9.90 Å². The van der Waals surface area contributed by atoms with Crippen molar-refractivity contribution in [2.24, 2.45) is 0 Å². The van der Waals surface area contributed by atoms with Gasteiger partial charge in [0.05, 0.1) is 6.10 Å². The number of aliphatic hydroxyl groups is 1. The van der Waals surface area contributed by atoms with Crippen LogP contribution < -0.4 is 10.6 Å². The van der Waals surface area contributed by atoms with Crippen molar-refractivity contribution in [2.75, 3.05) is 6.54 Å². The molecule has 1 aliphatic heterocycles. The maximum Gasteiger partial charge on any atom is 0.247 e. The lowest BCUT2D eigenvalue weighted by molar-refractivity contribution is -0.124. The minimum atomic E-state index is -0.610. The molecule has 1 saturated heterocycles. The summed E-state index contributed by atoms with van der Waals surface area (Å²) in [4.78, 5) is 12.1. The third kappa shape index (κ3) is 5.62. The van der Waals surface area contributed by atoms with Crippen molar-refractivity contribution >= 4 is 5.91 Å². The van der Waals surface area contributed by atoms with E-state index in [2.05, 4.69) is 27.8 Å². The number of aliphatic hydroxyl groups excluding tert-OH is 1. The van der Waals surface area contributed by atoms with Crippen molar-refractivity contribution < 1.29 is 14.3 Å². The zero-order valence-electron chi connectivity index (χ0n) is 16.5. The average Bonchev–Trinajstić information content (AvgIpc) is 3.35. The maximum atomic E-state index is 12.1. The van der Waals surface area contributed by atoms with Crippen LogP contribution >= 0.6 is 0 Å². The molecule has 152 valence electrons. The van der Waals surface area contributed by atoms with Gasteiger partial charge < -0.3 is 20.2 Å². The Morgan fingerprint density at radius 2 is 2.00 bits per heavy atom. The summed E-state index contributed by atoms with van der Waals surface area (Å²) < 4.78 is 5.77. The van der Waals surface area contributed by atoms with Gasteiger partial charge in [-0.15, -0.1) is 10.2 Å². The van der Waals surface area contributed by atoms with Crippen molar-refractivity contribution in [3.8, 4) is 11.5 Å².